The van der Waals surface area contributed by atoms with Gasteiger partial charge >= 0.3 is 0 Å². The summed E-state index contributed by atoms with van der Waals surface area (Å²) in [7, 11) is 2.00. The quantitative estimate of drug-likeness (QED) is 0.828. The third-order valence-corrected chi connectivity index (χ3v) is 3.39. The molecule has 0 spiro atoms. The van der Waals surface area contributed by atoms with Gasteiger partial charge in [0.05, 0.1) is 12.2 Å². The Kier molecular flexibility index (Phi) is 3.64. The molecule has 1 saturated carbocycles. The van der Waals surface area contributed by atoms with Crippen LogP contribution in [0.2, 0.25) is 0 Å². The largest absolute Gasteiger partial charge is 0.393 e. The Morgan fingerprint density at radius 2 is 2.24 bits per heavy atom. The van der Waals surface area contributed by atoms with Crippen LogP contribution < -0.4 is 4.90 Å². The molecule has 1 aromatic rings. The van der Waals surface area contributed by atoms with E-state index in [9.17, 15) is 10.2 Å². The molecular weight excluding hydrogens is 216 g/mol. The van der Waals surface area contributed by atoms with Crippen LogP contribution in [-0.4, -0.2) is 34.9 Å². The van der Waals surface area contributed by atoms with Gasteiger partial charge in [-0.3, -0.25) is 0 Å². The minimum Gasteiger partial charge on any atom is -0.393 e. The van der Waals surface area contributed by atoms with Crippen LogP contribution in [0, 0.1) is 5.92 Å². The molecule has 1 aliphatic rings. The second kappa shape index (κ2) is 5.02. The van der Waals surface area contributed by atoms with Crippen molar-refractivity contribution in [2.24, 2.45) is 5.92 Å². The molecule has 1 atom stereocenters. The van der Waals surface area contributed by atoms with Crippen molar-refractivity contribution in [3.63, 3.8) is 0 Å². The topological polar surface area (TPSA) is 56.6 Å². The lowest BCUT2D eigenvalue weighted by molar-refractivity contribution is 0.0464. The number of aliphatic hydroxyl groups excluding tert-OH is 2. The minimum atomic E-state index is -0.462. The van der Waals surface area contributed by atoms with Gasteiger partial charge in [0.25, 0.3) is 0 Å². The molecule has 94 valence electrons. The highest BCUT2D eigenvalue weighted by atomic mass is 16.3. The van der Waals surface area contributed by atoms with E-state index in [1.54, 1.807) is 13.1 Å². The lowest BCUT2D eigenvalue weighted by Crippen LogP contribution is -2.37. The number of anilines is 1. The van der Waals surface area contributed by atoms with E-state index in [1.165, 1.54) is 0 Å². The fraction of sp³-hybridized carbons (Fsp3) is 0.615. The van der Waals surface area contributed by atoms with Crippen molar-refractivity contribution in [1.29, 1.82) is 0 Å². The van der Waals surface area contributed by atoms with Crippen molar-refractivity contribution in [2.75, 3.05) is 18.5 Å². The first-order valence-electron chi connectivity index (χ1n) is 6.09. The molecule has 1 unspecified atom stereocenters. The summed E-state index contributed by atoms with van der Waals surface area (Å²) in [6, 6.07) is 3.74. The third-order valence-electron chi connectivity index (χ3n) is 3.39. The van der Waals surface area contributed by atoms with Crippen LogP contribution >= 0.6 is 0 Å². The van der Waals surface area contributed by atoms with E-state index in [1.807, 2.05) is 19.2 Å². The lowest BCUT2D eigenvalue weighted by Gasteiger charge is -2.34. The number of rotatable bonds is 4. The molecule has 0 amide bonds. The zero-order chi connectivity index (χ0) is 12.4. The standard InChI is InChI=1S/C13H20N2O2/c1-9(16)11-3-4-14-13(7-11)15(2)8-10-5-12(17)6-10/h3-4,7,9-10,12,16-17H,5-6,8H2,1-2H3. The Labute approximate surface area is 102 Å². The van der Waals surface area contributed by atoms with Gasteiger partial charge in [0.2, 0.25) is 0 Å². The number of hydrogen-bond acceptors (Lipinski definition) is 4. The van der Waals surface area contributed by atoms with Crippen LogP contribution in [-0.2, 0) is 0 Å². The van der Waals surface area contributed by atoms with Gasteiger partial charge in [-0.25, -0.2) is 4.98 Å². The number of aromatic nitrogens is 1. The van der Waals surface area contributed by atoms with E-state index in [0.717, 1.165) is 30.8 Å². The monoisotopic (exact) mass is 236 g/mol. The maximum Gasteiger partial charge on any atom is 0.128 e. The van der Waals surface area contributed by atoms with Gasteiger partial charge in [0.15, 0.2) is 0 Å². The summed E-state index contributed by atoms with van der Waals surface area (Å²) in [4.78, 5) is 6.39. The Bertz CT molecular complexity index is 375. The Morgan fingerprint density at radius 1 is 1.53 bits per heavy atom. The maximum atomic E-state index is 9.52. The van der Waals surface area contributed by atoms with Crippen molar-refractivity contribution in [1.82, 2.24) is 4.98 Å². The van der Waals surface area contributed by atoms with Crippen LogP contribution in [0.25, 0.3) is 0 Å². The van der Waals surface area contributed by atoms with Crippen molar-refractivity contribution in [3.8, 4) is 0 Å². The van der Waals surface area contributed by atoms with E-state index in [0.29, 0.717) is 5.92 Å². The van der Waals surface area contributed by atoms with Gasteiger partial charge in [-0.1, -0.05) is 0 Å². The fourth-order valence-corrected chi connectivity index (χ4v) is 2.23. The van der Waals surface area contributed by atoms with Gasteiger partial charge < -0.3 is 15.1 Å². The average Bonchev–Trinajstić information content (AvgIpc) is 2.27. The zero-order valence-electron chi connectivity index (χ0n) is 10.4. The number of aliphatic hydroxyl groups is 2. The van der Waals surface area contributed by atoms with Crippen LogP contribution in [0.3, 0.4) is 0 Å². The predicted molar refractivity (Wildman–Crippen MR) is 66.9 cm³/mol. The highest BCUT2D eigenvalue weighted by Gasteiger charge is 2.28. The molecule has 17 heavy (non-hydrogen) atoms. The molecule has 1 fully saturated rings. The first-order valence-corrected chi connectivity index (χ1v) is 6.09. The second-order valence-corrected chi connectivity index (χ2v) is 5.00. The molecule has 4 heteroatoms. The highest BCUT2D eigenvalue weighted by molar-refractivity contribution is 5.40. The summed E-state index contributed by atoms with van der Waals surface area (Å²) in [6.07, 6.45) is 2.94. The van der Waals surface area contributed by atoms with Gasteiger partial charge in [-0.05, 0) is 43.4 Å². The van der Waals surface area contributed by atoms with Crippen molar-refractivity contribution < 1.29 is 10.2 Å². The molecule has 1 aliphatic carbocycles. The smallest absolute Gasteiger partial charge is 0.128 e. The van der Waals surface area contributed by atoms with E-state index < -0.39 is 6.10 Å². The van der Waals surface area contributed by atoms with Crippen LogP contribution in [0.5, 0.6) is 0 Å². The molecular formula is C13H20N2O2. The Morgan fingerprint density at radius 3 is 2.82 bits per heavy atom. The van der Waals surface area contributed by atoms with Crippen molar-refractivity contribution >= 4 is 5.82 Å². The third kappa shape index (κ3) is 2.96. The average molecular weight is 236 g/mol. The van der Waals surface area contributed by atoms with Gasteiger partial charge in [-0.2, -0.15) is 0 Å². The van der Waals surface area contributed by atoms with E-state index >= 15 is 0 Å². The molecule has 1 aromatic heterocycles. The van der Waals surface area contributed by atoms with E-state index in [4.69, 9.17) is 0 Å². The second-order valence-electron chi connectivity index (χ2n) is 5.00. The summed E-state index contributed by atoms with van der Waals surface area (Å²) >= 11 is 0. The number of hydrogen-bond donors (Lipinski definition) is 2. The summed E-state index contributed by atoms with van der Waals surface area (Å²) < 4.78 is 0. The first-order chi connectivity index (χ1) is 8.06. The lowest BCUT2D eigenvalue weighted by atomic mass is 9.82. The molecule has 0 aliphatic heterocycles. The Balaban J connectivity index is 1.98. The predicted octanol–water partition coefficient (Wildman–Crippen LogP) is 1.34. The van der Waals surface area contributed by atoms with Gasteiger partial charge in [0.1, 0.15) is 5.82 Å². The van der Waals surface area contributed by atoms with Crippen molar-refractivity contribution in [2.45, 2.75) is 32.0 Å². The molecule has 0 radical (unpaired) electrons. The highest BCUT2D eigenvalue weighted by Crippen LogP contribution is 2.29. The summed E-state index contributed by atoms with van der Waals surface area (Å²) in [5.41, 5.74) is 0.885. The van der Waals surface area contributed by atoms with Crippen LogP contribution in [0.15, 0.2) is 18.3 Å². The van der Waals surface area contributed by atoms with Crippen LogP contribution in [0.4, 0.5) is 5.82 Å². The molecule has 0 saturated heterocycles. The number of nitrogens with zero attached hydrogens (tertiary/aromatic N) is 2. The van der Waals surface area contributed by atoms with Gasteiger partial charge in [0, 0.05) is 19.8 Å². The van der Waals surface area contributed by atoms with Crippen molar-refractivity contribution in [3.05, 3.63) is 23.9 Å². The normalized spacial score (nSPS) is 25.2. The molecule has 2 rings (SSSR count). The Hall–Kier alpha value is -1.13. The fourth-order valence-electron chi connectivity index (χ4n) is 2.23. The summed E-state index contributed by atoms with van der Waals surface area (Å²) in [5.74, 6) is 1.44. The molecule has 4 nitrogen and oxygen atoms in total. The molecule has 2 N–H and O–H groups in total. The first kappa shape index (κ1) is 12.3. The van der Waals surface area contributed by atoms with Gasteiger partial charge in [-0.15, -0.1) is 0 Å². The van der Waals surface area contributed by atoms with E-state index in [2.05, 4.69) is 9.88 Å². The van der Waals surface area contributed by atoms with Crippen LogP contribution in [0.1, 0.15) is 31.4 Å². The summed E-state index contributed by atoms with van der Waals surface area (Å²) in [6.45, 7) is 2.66. The SMILES string of the molecule is CC(O)c1ccnc(N(C)CC2CC(O)C2)c1. The van der Waals surface area contributed by atoms with E-state index in [-0.39, 0.29) is 6.10 Å². The number of pyridine rings is 1. The molecule has 0 aromatic carbocycles. The zero-order valence-corrected chi connectivity index (χ0v) is 10.4. The summed E-state index contributed by atoms with van der Waals surface area (Å²) in [5, 5.41) is 18.8. The minimum absolute atomic E-state index is 0.106. The molecule has 0 bridgehead atoms. The maximum absolute atomic E-state index is 9.52. The molecule has 1 heterocycles.